The van der Waals surface area contributed by atoms with Gasteiger partial charge in [-0.15, -0.1) is 0 Å². The number of benzene rings is 2. The number of halogens is 1. The number of Topliss-reactive ketones (excluding diaryl/α,β-unsaturated/α-hetero) is 1. The zero-order chi connectivity index (χ0) is 26.1. The first-order valence-electron chi connectivity index (χ1n) is 12.9. The number of carbonyl (C=O) groups excluding carboxylic acids is 2. The van der Waals surface area contributed by atoms with Gasteiger partial charge in [-0.2, -0.15) is 0 Å². The van der Waals surface area contributed by atoms with E-state index in [1.54, 1.807) is 14.2 Å². The molecule has 0 spiro atoms. The summed E-state index contributed by atoms with van der Waals surface area (Å²) >= 11 is 3.70. The summed E-state index contributed by atoms with van der Waals surface area (Å²) in [6, 6.07) is 13.8. The number of methoxy groups -OCH3 is 2. The number of nitrogens with zero attached hydrogens (tertiary/aromatic N) is 1. The zero-order valence-electron chi connectivity index (χ0n) is 21.5. The molecular formula is C30H32BrNO5. The normalized spacial score (nSPS) is 23.9. The number of carbonyl (C=O) groups is 2. The van der Waals surface area contributed by atoms with Gasteiger partial charge in [-0.25, -0.2) is 0 Å². The molecule has 1 heterocycles. The van der Waals surface area contributed by atoms with Crippen LogP contribution in [-0.2, 0) is 14.3 Å². The molecule has 1 unspecified atom stereocenters. The van der Waals surface area contributed by atoms with E-state index >= 15 is 0 Å². The number of ketones is 1. The molecule has 3 atom stereocenters. The van der Waals surface area contributed by atoms with Crippen LogP contribution in [0.5, 0.6) is 11.5 Å². The fourth-order valence-electron chi connectivity index (χ4n) is 6.01. The number of rotatable bonds is 6. The van der Waals surface area contributed by atoms with Crippen LogP contribution >= 0.6 is 15.9 Å². The highest BCUT2D eigenvalue weighted by Gasteiger charge is 2.46. The molecule has 0 amide bonds. The molecule has 1 fully saturated rings. The third-order valence-electron chi connectivity index (χ3n) is 7.84. The first kappa shape index (κ1) is 25.7. The third-order valence-corrected chi connectivity index (χ3v) is 8.52. The van der Waals surface area contributed by atoms with Gasteiger partial charge in [0.2, 0.25) is 0 Å². The summed E-state index contributed by atoms with van der Waals surface area (Å²) in [5, 5.41) is 0. The van der Waals surface area contributed by atoms with Crippen LogP contribution in [-0.4, -0.2) is 37.8 Å². The van der Waals surface area contributed by atoms with E-state index in [-0.39, 0.29) is 23.8 Å². The summed E-state index contributed by atoms with van der Waals surface area (Å²) in [5.74, 6) is -0.346. The van der Waals surface area contributed by atoms with Crippen molar-refractivity contribution in [2.45, 2.75) is 63.4 Å². The van der Waals surface area contributed by atoms with Crippen molar-refractivity contribution in [2.75, 3.05) is 14.2 Å². The highest BCUT2D eigenvalue weighted by atomic mass is 79.9. The number of esters is 1. The molecule has 0 bridgehead atoms. The van der Waals surface area contributed by atoms with Gasteiger partial charge in [-0.05, 0) is 68.2 Å². The summed E-state index contributed by atoms with van der Waals surface area (Å²) in [6.07, 6.45) is 4.84. The first-order valence-corrected chi connectivity index (χ1v) is 13.7. The third kappa shape index (κ3) is 4.98. The van der Waals surface area contributed by atoms with Crippen LogP contribution in [0, 0.1) is 5.92 Å². The smallest absolute Gasteiger partial charge is 0.315 e. The van der Waals surface area contributed by atoms with E-state index in [0.29, 0.717) is 35.6 Å². The van der Waals surface area contributed by atoms with Crippen LogP contribution in [0.2, 0.25) is 0 Å². The maximum absolute atomic E-state index is 13.9. The minimum Gasteiger partial charge on any atom is -0.493 e. The Morgan fingerprint density at radius 2 is 1.68 bits per heavy atom. The predicted molar refractivity (Wildman–Crippen MR) is 145 cm³/mol. The molecule has 2 aromatic carbocycles. The average molecular weight is 566 g/mol. The Labute approximate surface area is 226 Å². The second-order valence-corrected chi connectivity index (χ2v) is 10.9. The fraction of sp³-hybridized carbons (Fsp3) is 0.433. The van der Waals surface area contributed by atoms with Gasteiger partial charge in [0.05, 0.1) is 14.2 Å². The molecule has 2 aliphatic carbocycles. The first-order chi connectivity index (χ1) is 17.9. The minimum atomic E-state index is -0.689. The van der Waals surface area contributed by atoms with Gasteiger partial charge in [-0.1, -0.05) is 46.3 Å². The van der Waals surface area contributed by atoms with Crippen LogP contribution in [0.15, 0.2) is 63.2 Å². The van der Waals surface area contributed by atoms with Crippen molar-refractivity contribution in [1.82, 2.24) is 0 Å². The van der Waals surface area contributed by atoms with Gasteiger partial charge in [0, 0.05) is 33.8 Å². The number of hydrogen-bond acceptors (Lipinski definition) is 6. The van der Waals surface area contributed by atoms with E-state index in [1.807, 2.05) is 37.3 Å². The van der Waals surface area contributed by atoms with E-state index in [9.17, 15) is 9.59 Å². The van der Waals surface area contributed by atoms with Gasteiger partial charge in [0.25, 0.3) is 0 Å². The second kappa shape index (κ2) is 10.8. The Bertz CT molecular complexity index is 1260. The van der Waals surface area contributed by atoms with Crippen LogP contribution < -0.4 is 9.47 Å². The van der Waals surface area contributed by atoms with E-state index in [0.717, 1.165) is 47.0 Å². The topological polar surface area (TPSA) is 74.2 Å². The Hall–Kier alpha value is -2.93. The molecule has 7 heteroatoms. The van der Waals surface area contributed by atoms with Crippen LogP contribution in [0.3, 0.4) is 0 Å². The molecule has 0 N–H and O–H groups in total. The summed E-state index contributed by atoms with van der Waals surface area (Å²) in [6.45, 7) is 1.88. The van der Waals surface area contributed by atoms with Gasteiger partial charge >= 0.3 is 5.97 Å². The summed E-state index contributed by atoms with van der Waals surface area (Å²) in [5.41, 5.74) is 3.97. The lowest BCUT2D eigenvalue weighted by Gasteiger charge is -2.37. The maximum Gasteiger partial charge on any atom is 0.315 e. The zero-order valence-corrected chi connectivity index (χ0v) is 23.0. The fourth-order valence-corrected chi connectivity index (χ4v) is 6.58. The van der Waals surface area contributed by atoms with Gasteiger partial charge < -0.3 is 14.2 Å². The van der Waals surface area contributed by atoms with E-state index < -0.39 is 11.8 Å². The van der Waals surface area contributed by atoms with Crippen molar-refractivity contribution < 1.29 is 23.8 Å². The quantitative estimate of drug-likeness (QED) is 0.372. The summed E-state index contributed by atoms with van der Waals surface area (Å²) in [4.78, 5) is 32.4. The summed E-state index contributed by atoms with van der Waals surface area (Å²) < 4.78 is 17.8. The molecule has 1 aliphatic heterocycles. The van der Waals surface area contributed by atoms with Crippen molar-refractivity contribution in [3.8, 4) is 11.5 Å². The lowest BCUT2D eigenvalue weighted by atomic mass is 9.69. The average Bonchev–Trinajstić information content (AvgIpc) is 3.41. The molecule has 5 rings (SSSR count). The van der Waals surface area contributed by atoms with Crippen LogP contribution in [0.25, 0.3) is 0 Å². The lowest BCUT2D eigenvalue weighted by Crippen LogP contribution is -2.39. The molecule has 3 aliphatic rings. The van der Waals surface area contributed by atoms with E-state index in [2.05, 4.69) is 28.1 Å². The Balaban J connectivity index is 1.61. The molecule has 6 nitrogen and oxygen atoms in total. The van der Waals surface area contributed by atoms with E-state index in [1.165, 1.54) is 0 Å². The maximum atomic E-state index is 13.9. The largest absolute Gasteiger partial charge is 0.493 e. The summed E-state index contributed by atoms with van der Waals surface area (Å²) in [7, 11) is 3.16. The minimum absolute atomic E-state index is 0.0247. The highest BCUT2D eigenvalue weighted by molar-refractivity contribution is 9.10. The van der Waals surface area contributed by atoms with Crippen LogP contribution in [0.1, 0.15) is 68.4 Å². The number of hydrogen-bond donors (Lipinski definition) is 0. The number of allylic oxidation sites excluding steroid dienone is 2. The van der Waals surface area contributed by atoms with E-state index in [4.69, 9.17) is 19.2 Å². The monoisotopic (exact) mass is 565 g/mol. The molecule has 0 aromatic heterocycles. The van der Waals surface area contributed by atoms with Crippen molar-refractivity contribution in [3.63, 3.8) is 0 Å². The van der Waals surface area contributed by atoms with Crippen molar-refractivity contribution in [1.29, 1.82) is 0 Å². The Morgan fingerprint density at radius 3 is 2.35 bits per heavy atom. The molecule has 0 saturated heterocycles. The number of aliphatic imine (C=N–C) groups is 1. The standard InChI is InChI=1S/C30H32BrNO5/c1-17-27(30(34)37-20-11-7-8-12-20)28(21-15-25(35-2)26(36-3)16-22(21)31)29-23(32-17)13-19(14-24(29)33)18-9-5-4-6-10-18/h4-6,9-10,15-16,19-20,27-28H,7-8,11-14H2,1-3H3/t19-,27?,28+/m1/s1. The van der Waals surface area contributed by atoms with Gasteiger partial charge in [-0.3, -0.25) is 14.6 Å². The molecule has 194 valence electrons. The highest BCUT2D eigenvalue weighted by Crippen LogP contribution is 2.50. The van der Waals surface area contributed by atoms with Gasteiger partial charge in [0.1, 0.15) is 12.0 Å². The van der Waals surface area contributed by atoms with Crippen molar-refractivity contribution >= 4 is 33.4 Å². The van der Waals surface area contributed by atoms with Crippen molar-refractivity contribution in [2.24, 2.45) is 10.9 Å². The van der Waals surface area contributed by atoms with Gasteiger partial charge in [0.15, 0.2) is 17.3 Å². The molecule has 0 radical (unpaired) electrons. The Morgan fingerprint density at radius 1 is 1.00 bits per heavy atom. The predicted octanol–water partition coefficient (Wildman–Crippen LogP) is 6.53. The SMILES string of the molecule is COc1cc(Br)c([C@@H]2C3=C(C[C@@H](c4ccccc4)CC3=O)N=C(C)C2C(=O)OC2CCCC2)cc1OC. The molecule has 1 saturated carbocycles. The van der Waals surface area contributed by atoms with Crippen molar-refractivity contribution in [3.05, 3.63) is 69.3 Å². The second-order valence-electron chi connectivity index (χ2n) is 10.1. The lowest BCUT2D eigenvalue weighted by molar-refractivity contribution is -0.151. The molecule has 2 aromatic rings. The Kier molecular flexibility index (Phi) is 7.52. The molecular weight excluding hydrogens is 534 g/mol. The van der Waals surface area contributed by atoms with Crippen LogP contribution in [0.4, 0.5) is 0 Å². The molecule has 37 heavy (non-hydrogen) atoms. The number of ether oxygens (including phenoxy) is 3.